The molecule has 1 unspecified atom stereocenters. The first-order valence-corrected chi connectivity index (χ1v) is 9.82. The molecule has 1 heterocycles. The van der Waals surface area contributed by atoms with Gasteiger partial charge in [-0.25, -0.2) is 0 Å². The van der Waals surface area contributed by atoms with Gasteiger partial charge in [-0.2, -0.15) is 0 Å². The van der Waals surface area contributed by atoms with E-state index in [1.54, 1.807) is 0 Å². The second-order valence-corrected chi connectivity index (χ2v) is 7.93. The molecule has 1 saturated carbocycles. The molecular weight excluding hydrogens is 320 g/mol. The number of carbonyl (C=O) groups excluding carboxylic acids is 1. The Hall–Kier alpha value is -2.13. The highest BCUT2D eigenvalue weighted by molar-refractivity contribution is 5.83. The molecule has 2 aromatic rings. The molecule has 0 spiro atoms. The zero-order valence-electron chi connectivity index (χ0n) is 15.5. The van der Waals surface area contributed by atoms with E-state index < -0.39 is 0 Å². The predicted octanol–water partition coefficient (Wildman–Crippen LogP) is 3.82. The van der Waals surface area contributed by atoms with E-state index in [2.05, 4.69) is 40.5 Å². The highest BCUT2D eigenvalue weighted by Gasteiger charge is 2.43. The van der Waals surface area contributed by atoms with Crippen molar-refractivity contribution in [1.82, 2.24) is 10.2 Å². The van der Waals surface area contributed by atoms with Gasteiger partial charge >= 0.3 is 0 Å². The largest absolute Gasteiger partial charge is 0.353 e. The number of amides is 1. The second kappa shape index (κ2) is 7.63. The van der Waals surface area contributed by atoms with Crippen molar-refractivity contribution in [1.29, 1.82) is 0 Å². The first-order valence-electron chi connectivity index (χ1n) is 9.82. The lowest BCUT2D eigenvalue weighted by molar-refractivity contribution is -0.123. The maximum absolute atomic E-state index is 12.7. The van der Waals surface area contributed by atoms with Crippen LogP contribution in [0.1, 0.15) is 36.8 Å². The molecule has 0 radical (unpaired) electrons. The van der Waals surface area contributed by atoms with Gasteiger partial charge < -0.3 is 5.32 Å². The molecule has 1 amide bonds. The third-order valence-electron chi connectivity index (χ3n) is 6.20. The Morgan fingerprint density at radius 2 is 1.73 bits per heavy atom. The van der Waals surface area contributed by atoms with Crippen LogP contribution < -0.4 is 5.32 Å². The SMILES string of the molecule is CC(C(=O)N[C@@H]1CC[C@H]2CN(Cc3ccccc3)C[C@H]21)c1ccccc1. The number of nitrogens with one attached hydrogen (secondary N) is 1. The summed E-state index contributed by atoms with van der Waals surface area (Å²) >= 11 is 0. The Morgan fingerprint density at radius 3 is 2.46 bits per heavy atom. The van der Waals surface area contributed by atoms with Gasteiger partial charge in [0.2, 0.25) is 5.91 Å². The Morgan fingerprint density at radius 1 is 1.04 bits per heavy atom. The van der Waals surface area contributed by atoms with E-state index in [1.807, 2.05) is 37.3 Å². The molecule has 0 bridgehead atoms. The Bertz CT molecular complexity index is 730. The van der Waals surface area contributed by atoms with Gasteiger partial charge in [-0.15, -0.1) is 0 Å². The van der Waals surface area contributed by atoms with Crippen molar-refractivity contribution in [3.8, 4) is 0 Å². The third kappa shape index (κ3) is 3.68. The van der Waals surface area contributed by atoms with Gasteiger partial charge in [0.05, 0.1) is 5.92 Å². The van der Waals surface area contributed by atoms with Crippen LogP contribution in [0.15, 0.2) is 60.7 Å². The standard InChI is InChI=1S/C23H28N2O/c1-17(19-10-6-3-7-11-19)23(26)24-22-13-12-20-15-25(16-21(20)22)14-18-8-4-2-5-9-18/h2-11,17,20-22H,12-16H2,1H3,(H,24,26)/t17?,20-,21+,22+/m0/s1. The fourth-order valence-electron chi connectivity index (χ4n) is 4.71. The molecule has 4 rings (SSSR count). The minimum atomic E-state index is -0.0860. The number of hydrogen-bond donors (Lipinski definition) is 1. The highest BCUT2D eigenvalue weighted by Crippen LogP contribution is 2.39. The fourth-order valence-corrected chi connectivity index (χ4v) is 4.71. The van der Waals surface area contributed by atoms with Crippen LogP contribution in [0.25, 0.3) is 0 Å². The minimum Gasteiger partial charge on any atom is -0.353 e. The monoisotopic (exact) mass is 348 g/mol. The number of fused-ring (bicyclic) bond motifs is 1. The van der Waals surface area contributed by atoms with E-state index in [9.17, 15) is 4.79 Å². The number of likely N-dealkylation sites (tertiary alicyclic amines) is 1. The van der Waals surface area contributed by atoms with Gasteiger partial charge in [-0.1, -0.05) is 60.7 Å². The quantitative estimate of drug-likeness (QED) is 0.891. The molecule has 2 aromatic carbocycles. The highest BCUT2D eigenvalue weighted by atomic mass is 16.1. The van der Waals surface area contributed by atoms with Gasteiger partial charge in [-0.3, -0.25) is 9.69 Å². The summed E-state index contributed by atoms with van der Waals surface area (Å²) in [6, 6.07) is 21.1. The van der Waals surface area contributed by atoms with Crippen LogP contribution in [0.5, 0.6) is 0 Å². The van der Waals surface area contributed by atoms with Gasteiger partial charge in [0.25, 0.3) is 0 Å². The lowest BCUT2D eigenvalue weighted by Crippen LogP contribution is -2.41. The average Bonchev–Trinajstić information content (AvgIpc) is 3.24. The van der Waals surface area contributed by atoms with E-state index in [0.717, 1.165) is 31.0 Å². The average molecular weight is 348 g/mol. The summed E-state index contributed by atoms with van der Waals surface area (Å²) < 4.78 is 0. The molecule has 1 saturated heterocycles. The summed E-state index contributed by atoms with van der Waals surface area (Å²) in [4.78, 5) is 15.3. The molecule has 2 fully saturated rings. The number of nitrogens with zero attached hydrogens (tertiary/aromatic N) is 1. The maximum Gasteiger partial charge on any atom is 0.227 e. The number of benzene rings is 2. The van der Waals surface area contributed by atoms with Crippen molar-refractivity contribution in [3.63, 3.8) is 0 Å². The van der Waals surface area contributed by atoms with Crippen LogP contribution in [0.4, 0.5) is 0 Å². The topological polar surface area (TPSA) is 32.3 Å². The van der Waals surface area contributed by atoms with Gasteiger partial charge in [-0.05, 0) is 42.7 Å². The lowest BCUT2D eigenvalue weighted by atomic mass is 9.96. The Kier molecular flexibility index (Phi) is 5.07. The summed E-state index contributed by atoms with van der Waals surface area (Å²) in [5.41, 5.74) is 2.47. The molecule has 2 aliphatic rings. The molecule has 1 aliphatic carbocycles. The smallest absolute Gasteiger partial charge is 0.227 e. The van der Waals surface area contributed by atoms with Crippen LogP contribution in [0.3, 0.4) is 0 Å². The molecule has 1 N–H and O–H groups in total. The van der Waals surface area contributed by atoms with E-state index >= 15 is 0 Å². The number of carbonyl (C=O) groups is 1. The van der Waals surface area contributed by atoms with E-state index in [4.69, 9.17) is 0 Å². The molecule has 1 aliphatic heterocycles. The lowest BCUT2D eigenvalue weighted by Gasteiger charge is -2.23. The Balaban J connectivity index is 1.35. The summed E-state index contributed by atoms with van der Waals surface area (Å²) in [6.07, 6.45) is 2.36. The van der Waals surface area contributed by atoms with Crippen LogP contribution in [0, 0.1) is 11.8 Å². The number of hydrogen-bond acceptors (Lipinski definition) is 2. The summed E-state index contributed by atoms with van der Waals surface area (Å²) in [7, 11) is 0. The van der Waals surface area contributed by atoms with Crippen molar-refractivity contribution in [2.45, 2.75) is 38.3 Å². The summed E-state index contributed by atoms with van der Waals surface area (Å²) in [6.45, 7) is 5.30. The van der Waals surface area contributed by atoms with Gasteiger partial charge in [0.15, 0.2) is 0 Å². The molecule has 4 atom stereocenters. The zero-order valence-corrected chi connectivity index (χ0v) is 15.5. The molecule has 26 heavy (non-hydrogen) atoms. The van der Waals surface area contributed by atoms with E-state index in [-0.39, 0.29) is 11.8 Å². The van der Waals surface area contributed by atoms with Gasteiger partial charge in [0.1, 0.15) is 0 Å². The predicted molar refractivity (Wildman–Crippen MR) is 105 cm³/mol. The zero-order chi connectivity index (χ0) is 17.9. The van der Waals surface area contributed by atoms with Gasteiger partial charge in [0, 0.05) is 25.7 Å². The van der Waals surface area contributed by atoms with Crippen molar-refractivity contribution in [2.75, 3.05) is 13.1 Å². The van der Waals surface area contributed by atoms with E-state index in [0.29, 0.717) is 12.0 Å². The molecular formula is C23H28N2O. The molecule has 3 nitrogen and oxygen atoms in total. The van der Waals surface area contributed by atoms with Crippen molar-refractivity contribution in [2.24, 2.45) is 11.8 Å². The Labute approximate surface area is 156 Å². The second-order valence-electron chi connectivity index (χ2n) is 7.93. The van der Waals surface area contributed by atoms with Crippen LogP contribution >= 0.6 is 0 Å². The molecule has 3 heteroatoms. The first-order chi connectivity index (χ1) is 12.7. The van der Waals surface area contributed by atoms with E-state index in [1.165, 1.54) is 18.5 Å². The summed E-state index contributed by atoms with van der Waals surface area (Å²) in [5, 5.41) is 3.37. The van der Waals surface area contributed by atoms with Crippen LogP contribution in [0.2, 0.25) is 0 Å². The third-order valence-corrected chi connectivity index (χ3v) is 6.20. The first kappa shape index (κ1) is 17.3. The molecule has 0 aromatic heterocycles. The molecule has 136 valence electrons. The van der Waals surface area contributed by atoms with Crippen molar-refractivity contribution >= 4 is 5.91 Å². The van der Waals surface area contributed by atoms with Crippen molar-refractivity contribution in [3.05, 3.63) is 71.8 Å². The number of rotatable bonds is 5. The van der Waals surface area contributed by atoms with Crippen LogP contribution in [-0.4, -0.2) is 29.9 Å². The van der Waals surface area contributed by atoms with Crippen LogP contribution in [-0.2, 0) is 11.3 Å². The fraction of sp³-hybridized carbons (Fsp3) is 0.435. The normalized spacial score (nSPS) is 26.4. The minimum absolute atomic E-state index is 0.0860. The summed E-state index contributed by atoms with van der Waals surface area (Å²) in [5.74, 6) is 1.42. The maximum atomic E-state index is 12.7. The van der Waals surface area contributed by atoms with Crippen molar-refractivity contribution < 1.29 is 4.79 Å².